The first kappa shape index (κ1) is 11.4. The normalized spacial score (nSPS) is 22.0. The van der Waals surface area contributed by atoms with Crippen LogP contribution in [0, 0.1) is 11.8 Å². The van der Waals surface area contributed by atoms with E-state index in [9.17, 15) is 4.79 Å². The van der Waals surface area contributed by atoms with Gasteiger partial charge in [-0.1, -0.05) is 11.8 Å². The molecule has 0 aromatic heterocycles. The van der Waals surface area contributed by atoms with Crippen molar-refractivity contribution in [2.24, 2.45) is 0 Å². The fourth-order valence-electron chi connectivity index (χ4n) is 1.95. The highest BCUT2D eigenvalue weighted by molar-refractivity contribution is 5.78. The molecule has 2 fully saturated rings. The van der Waals surface area contributed by atoms with Crippen LogP contribution in [0.25, 0.3) is 0 Å². The third kappa shape index (κ3) is 3.22. The molecule has 0 atom stereocenters. The molecule has 88 valence electrons. The second-order valence-electron chi connectivity index (χ2n) is 4.16. The van der Waals surface area contributed by atoms with Crippen molar-refractivity contribution in [2.45, 2.75) is 12.8 Å². The molecule has 0 bridgehead atoms. The van der Waals surface area contributed by atoms with Gasteiger partial charge in [-0.2, -0.15) is 0 Å². The van der Waals surface area contributed by atoms with Gasteiger partial charge in [0.25, 0.3) is 0 Å². The van der Waals surface area contributed by atoms with Gasteiger partial charge in [0.1, 0.15) is 0 Å². The van der Waals surface area contributed by atoms with Crippen molar-refractivity contribution >= 4 is 5.91 Å². The first-order valence-corrected chi connectivity index (χ1v) is 5.90. The zero-order valence-corrected chi connectivity index (χ0v) is 9.57. The molecule has 0 spiro atoms. The number of carbonyl (C=O) groups excluding carboxylic acids is 1. The summed E-state index contributed by atoms with van der Waals surface area (Å²) in [6, 6.07) is 0. The van der Waals surface area contributed by atoms with Crippen LogP contribution in [-0.4, -0.2) is 61.6 Å². The molecule has 0 saturated carbocycles. The maximum Gasteiger partial charge on any atom is 0.223 e. The maximum absolute atomic E-state index is 11.3. The van der Waals surface area contributed by atoms with Crippen LogP contribution in [0.1, 0.15) is 12.8 Å². The van der Waals surface area contributed by atoms with Gasteiger partial charge in [0.15, 0.2) is 0 Å². The Kier molecular flexibility index (Phi) is 4.20. The maximum atomic E-state index is 11.3. The van der Waals surface area contributed by atoms with Gasteiger partial charge in [-0.05, 0) is 6.42 Å². The van der Waals surface area contributed by atoms with Crippen LogP contribution in [0.5, 0.6) is 0 Å². The zero-order chi connectivity index (χ0) is 11.2. The Hall–Kier alpha value is -1.05. The fourth-order valence-corrected chi connectivity index (χ4v) is 1.95. The Morgan fingerprint density at radius 2 is 1.88 bits per heavy atom. The lowest BCUT2D eigenvalue weighted by Gasteiger charge is -2.24. The largest absolute Gasteiger partial charge is 0.379 e. The van der Waals surface area contributed by atoms with Crippen LogP contribution in [-0.2, 0) is 9.53 Å². The summed E-state index contributed by atoms with van der Waals surface area (Å²) in [5, 5.41) is 0. The van der Waals surface area contributed by atoms with Crippen molar-refractivity contribution in [3.05, 3.63) is 0 Å². The highest BCUT2D eigenvalue weighted by atomic mass is 16.5. The molecular weight excluding hydrogens is 204 g/mol. The van der Waals surface area contributed by atoms with E-state index < -0.39 is 0 Å². The smallest absolute Gasteiger partial charge is 0.223 e. The van der Waals surface area contributed by atoms with E-state index >= 15 is 0 Å². The molecule has 2 heterocycles. The molecule has 0 aromatic carbocycles. The Bertz CT molecular complexity index is 300. The summed E-state index contributed by atoms with van der Waals surface area (Å²) in [5.41, 5.74) is 0. The Morgan fingerprint density at radius 3 is 2.56 bits per heavy atom. The average molecular weight is 222 g/mol. The van der Waals surface area contributed by atoms with Crippen LogP contribution in [0.3, 0.4) is 0 Å². The first-order valence-electron chi connectivity index (χ1n) is 5.90. The molecular formula is C12H18N2O2. The predicted molar refractivity (Wildman–Crippen MR) is 60.8 cm³/mol. The number of rotatable bonds is 2. The Balaban J connectivity index is 1.67. The molecule has 16 heavy (non-hydrogen) atoms. The monoisotopic (exact) mass is 222 g/mol. The van der Waals surface area contributed by atoms with E-state index in [4.69, 9.17) is 4.74 Å². The van der Waals surface area contributed by atoms with Crippen LogP contribution in [0.4, 0.5) is 0 Å². The summed E-state index contributed by atoms with van der Waals surface area (Å²) in [4.78, 5) is 15.4. The van der Waals surface area contributed by atoms with Crippen LogP contribution >= 0.6 is 0 Å². The summed E-state index contributed by atoms with van der Waals surface area (Å²) >= 11 is 0. The van der Waals surface area contributed by atoms with E-state index in [-0.39, 0.29) is 5.91 Å². The third-order valence-corrected chi connectivity index (χ3v) is 2.97. The SMILES string of the molecule is O=C1CCCN1CC#CCN1CCOCC1. The van der Waals surface area contributed by atoms with E-state index in [1.165, 1.54) is 0 Å². The van der Waals surface area contributed by atoms with Crippen LogP contribution < -0.4 is 0 Å². The molecule has 2 rings (SSSR count). The lowest BCUT2D eigenvalue weighted by Crippen LogP contribution is -2.36. The number of carbonyl (C=O) groups is 1. The van der Waals surface area contributed by atoms with E-state index in [1.54, 1.807) is 0 Å². The van der Waals surface area contributed by atoms with Crippen LogP contribution in [0.15, 0.2) is 0 Å². The van der Waals surface area contributed by atoms with Gasteiger partial charge in [0.2, 0.25) is 5.91 Å². The van der Waals surface area contributed by atoms with Gasteiger partial charge in [-0.3, -0.25) is 9.69 Å². The fraction of sp³-hybridized carbons (Fsp3) is 0.750. The third-order valence-electron chi connectivity index (χ3n) is 2.97. The number of hydrogen-bond donors (Lipinski definition) is 0. The van der Waals surface area contributed by atoms with E-state index in [0.717, 1.165) is 45.8 Å². The van der Waals surface area contributed by atoms with Gasteiger partial charge < -0.3 is 9.64 Å². The Labute approximate surface area is 96.5 Å². The predicted octanol–water partition coefficient (Wildman–Crippen LogP) is -0.0556. The summed E-state index contributed by atoms with van der Waals surface area (Å²) in [7, 11) is 0. The van der Waals surface area contributed by atoms with Crippen molar-refractivity contribution in [1.82, 2.24) is 9.80 Å². The molecule has 4 heteroatoms. The molecule has 2 saturated heterocycles. The second kappa shape index (κ2) is 5.88. The number of likely N-dealkylation sites (tertiary alicyclic amines) is 1. The lowest BCUT2D eigenvalue weighted by molar-refractivity contribution is -0.127. The summed E-state index contributed by atoms with van der Waals surface area (Å²) < 4.78 is 5.26. The highest BCUT2D eigenvalue weighted by Crippen LogP contribution is 2.07. The number of nitrogens with zero attached hydrogens (tertiary/aromatic N) is 2. The number of morpholine rings is 1. The van der Waals surface area contributed by atoms with Gasteiger partial charge >= 0.3 is 0 Å². The molecule has 2 aliphatic rings. The quantitative estimate of drug-likeness (QED) is 0.614. The molecule has 1 amide bonds. The van der Waals surface area contributed by atoms with Gasteiger partial charge in [0, 0.05) is 26.1 Å². The first-order chi connectivity index (χ1) is 7.86. The molecule has 0 unspecified atom stereocenters. The van der Waals surface area contributed by atoms with Crippen molar-refractivity contribution in [3.63, 3.8) is 0 Å². The van der Waals surface area contributed by atoms with Crippen molar-refractivity contribution in [3.8, 4) is 11.8 Å². The Morgan fingerprint density at radius 1 is 1.12 bits per heavy atom. The molecule has 0 aliphatic carbocycles. The highest BCUT2D eigenvalue weighted by Gasteiger charge is 2.18. The van der Waals surface area contributed by atoms with Crippen molar-refractivity contribution in [2.75, 3.05) is 45.9 Å². The van der Waals surface area contributed by atoms with Crippen molar-refractivity contribution < 1.29 is 9.53 Å². The minimum absolute atomic E-state index is 0.251. The molecule has 4 nitrogen and oxygen atoms in total. The van der Waals surface area contributed by atoms with Crippen molar-refractivity contribution in [1.29, 1.82) is 0 Å². The lowest BCUT2D eigenvalue weighted by atomic mass is 10.4. The topological polar surface area (TPSA) is 32.8 Å². The molecule has 0 aromatic rings. The van der Waals surface area contributed by atoms with Gasteiger partial charge in [-0.15, -0.1) is 0 Å². The number of hydrogen-bond acceptors (Lipinski definition) is 3. The molecule has 0 N–H and O–H groups in total. The summed E-state index contributed by atoms with van der Waals surface area (Å²) in [5.74, 6) is 6.46. The average Bonchev–Trinajstić information content (AvgIpc) is 2.72. The standard InChI is InChI=1S/C12H18N2O2/c15-12-4-3-7-14(12)6-2-1-5-13-8-10-16-11-9-13/h3-11H2. The second-order valence-corrected chi connectivity index (χ2v) is 4.16. The summed E-state index contributed by atoms with van der Waals surface area (Å²) in [6.45, 7) is 5.84. The zero-order valence-electron chi connectivity index (χ0n) is 9.57. The summed E-state index contributed by atoms with van der Waals surface area (Å²) in [6.07, 6.45) is 1.69. The van der Waals surface area contributed by atoms with E-state index in [2.05, 4.69) is 16.7 Å². The van der Waals surface area contributed by atoms with Gasteiger partial charge in [0.05, 0.1) is 26.3 Å². The van der Waals surface area contributed by atoms with E-state index in [1.807, 2.05) is 4.90 Å². The number of ether oxygens (including phenoxy) is 1. The minimum atomic E-state index is 0.251. The van der Waals surface area contributed by atoms with Gasteiger partial charge in [-0.25, -0.2) is 0 Å². The van der Waals surface area contributed by atoms with Crippen LogP contribution in [0.2, 0.25) is 0 Å². The molecule has 2 aliphatic heterocycles. The molecule has 0 radical (unpaired) electrons. The number of amides is 1. The van der Waals surface area contributed by atoms with E-state index in [0.29, 0.717) is 13.0 Å². The minimum Gasteiger partial charge on any atom is -0.379 e.